The smallest absolute Gasteiger partial charge is 0.171 e. The van der Waals surface area contributed by atoms with E-state index in [1.165, 1.54) is 6.07 Å². The normalized spacial score (nSPS) is 11.8. The maximum Gasteiger partial charge on any atom is 0.171 e. The molecule has 2 aromatic carbocycles. The Hall–Kier alpha value is -2.44. The van der Waals surface area contributed by atoms with E-state index in [0.717, 1.165) is 11.4 Å². The Labute approximate surface area is 162 Å². The number of hydrogen-bond acceptors (Lipinski definition) is 2. The molecule has 0 saturated carbocycles. The van der Waals surface area contributed by atoms with Crippen molar-refractivity contribution in [2.24, 2.45) is 7.05 Å². The van der Waals surface area contributed by atoms with Crippen LogP contribution in [0.15, 0.2) is 54.9 Å². The number of rotatable bonds is 4. The molecule has 134 valence electrons. The number of benzene rings is 2. The van der Waals surface area contributed by atoms with Crippen molar-refractivity contribution in [1.82, 2.24) is 14.9 Å². The zero-order chi connectivity index (χ0) is 18.7. The predicted molar refractivity (Wildman–Crippen MR) is 107 cm³/mol. The van der Waals surface area contributed by atoms with Crippen molar-refractivity contribution in [1.29, 1.82) is 0 Å². The average Bonchev–Trinajstić information content (AvgIpc) is 3.03. The lowest BCUT2D eigenvalue weighted by Gasteiger charge is -2.21. The molecule has 3 aromatic rings. The first-order valence-electron chi connectivity index (χ1n) is 8.00. The van der Waals surface area contributed by atoms with E-state index in [2.05, 4.69) is 15.6 Å². The first kappa shape index (κ1) is 18.4. The number of imidazole rings is 1. The lowest BCUT2D eigenvalue weighted by Crippen LogP contribution is -2.34. The second kappa shape index (κ2) is 7.85. The van der Waals surface area contributed by atoms with Gasteiger partial charge in [0.05, 0.1) is 0 Å². The first-order valence-corrected chi connectivity index (χ1v) is 8.79. The van der Waals surface area contributed by atoms with Crippen LogP contribution in [0.5, 0.6) is 0 Å². The van der Waals surface area contributed by atoms with Gasteiger partial charge in [0.1, 0.15) is 17.7 Å². The van der Waals surface area contributed by atoms with Crippen molar-refractivity contribution < 1.29 is 4.39 Å². The van der Waals surface area contributed by atoms with E-state index in [-0.39, 0.29) is 11.9 Å². The summed E-state index contributed by atoms with van der Waals surface area (Å²) in [7, 11) is 1.92. The van der Waals surface area contributed by atoms with Crippen LogP contribution < -0.4 is 10.6 Å². The highest BCUT2D eigenvalue weighted by atomic mass is 35.5. The molecule has 3 rings (SSSR count). The van der Waals surface area contributed by atoms with Crippen molar-refractivity contribution in [2.45, 2.75) is 13.0 Å². The first-order chi connectivity index (χ1) is 12.4. The lowest BCUT2D eigenvalue weighted by atomic mass is 10.1. The van der Waals surface area contributed by atoms with Gasteiger partial charge in [-0.2, -0.15) is 0 Å². The highest BCUT2D eigenvalue weighted by Gasteiger charge is 2.19. The molecular weight excluding hydrogens is 371 g/mol. The van der Waals surface area contributed by atoms with Gasteiger partial charge >= 0.3 is 0 Å². The summed E-state index contributed by atoms with van der Waals surface area (Å²) in [5.41, 5.74) is 2.13. The third kappa shape index (κ3) is 4.20. The van der Waals surface area contributed by atoms with Crippen LogP contribution in [-0.4, -0.2) is 14.7 Å². The van der Waals surface area contributed by atoms with Crippen LogP contribution in [0, 0.1) is 12.7 Å². The van der Waals surface area contributed by atoms with Crippen molar-refractivity contribution in [2.75, 3.05) is 5.32 Å². The molecule has 0 bridgehead atoms. The van der Waals surface area contributed by atoms with Gasteiger partial charge in [-0.25, -0.2) is 9.37 Å². The fourth-order valence-electron chi connectivity index (χ4n) is 2.58. The second-order valence-corrected chi connectivity index (χ2v) is 6.79. The summed E-state index contributed by atoms with van der Waals surface area (Å²) in [4.78, 5) is 4.42. The van der Waals surface area contributed by atoms with Gasteiger partial charge < -0.3 is 15.2 Å². The molecule has 0 unspecified atom stereocenters. The maximum atomic E-state index is 13.7. The van der Waals surface area contributed by atoms with Crippen LogP contribution in [0.4, 0.5) is 10.1 Å². The van der Waals surface area contributed by atoms with E-state index in [9.17, 15) is 4.39 Å². The van der Waals surface area contributed by atoms with Gasteiger partial charge in [0, 0.05) is 30.2 Å². The Kier molecular flexibility index (Phi) is 5.54. The van der Waals surface area contributed by atoms with Crippen LogP contribution in [0.3, 0.4) is 0 Å². The number of hydrogen-bond donors (Lipinski definition) is 2. The molecule has 26 heavy (non-hydrogen) atoms. The fourth-order valence-corrected chi connectivity index (χ4v) is 2.94. The van der Waals surface area contributed by atoms with Gasteiger partial charge in [0.2, 0.25) is 0 Å². The summed E-state index contributed by atoms with van der Waals surface area (Å²) in [5.74, 6) is 0.516. The summed E-state index contributed by atoms with van der Waals surface area (Å²) in [6.45, 7) is 1.72. The van der Waals surface area contributed by atoms with Gasteiger partial charge in [0.25, 0.3) is 0 Å². The Morgan fingerprint density at radius 2 is 1.96 bits per heavy atom. The van der Waals surface area contributed by atoms with Gasteiger partial charge in [-0.3, -0.25) is 0 Å². The van der Waals surface area contributed by atoms with Crippen LogP contribution in [0.25, 0.3) is 0 Å². The minimum absolute atomic E-state index is 0.275. The molecule has 0 fully saturated rings. The molecule has 0 aliphatic heterocycles. The lowest BCUT2D eigenvalue weighted by molar-refractivity contribution is 0.619. The molecule has 7 heteroatoms. The Balaban J connectivity index is 1.83. The Morgan fingerprint density at radius 1 is 1.23 bits per heavy atom. The second-order valence-electron chi connectivity index (χ2n) is 5.94. The van der Waals surface area contributed by atoms with Gasteiger partial charge in [-0.15, -0.1) is 0 Å². The van der Waals surface area contributed by atoms with E-state index in [0.29, 0.717) is 21.4 Å². The van der Waals surface area contributed by atoms with Crippen molar-refractivity contribution in [3.8, 4) is 0 Å². The third-order valence-electron chi connectivity index (χ3n) is 4.03. The highest BCUT2D eigenvalue weighted by Crippen LogP contribution is 2.23. The summed E-state index contributed by atoms with van der Waals surface area (Å²) < 4.78 is 15.7. The number of aryl methyl sites for hydroxylation is 2. The van der Waals surface area contributed by atoms with E-state index in [1.54, 1.807) is 25.3 Å². The summed E-state index contributed by atoms with van der Waals surface area (Å²) in [6, 6.07) is 12.1. The van der Waals surface area contributed by atoms with E-state index >= 15 is 0 Å². The minimum Gasteiger partial charge on any atom is -0.348 e. The molecule has 0 spiro atoms. The molecule has 0 aliphatic carbocycles. The highest BCUT2D eigenvalue weighted by molar-refractivity contribution is 7.80. The fraction of sp³-hybridized carbons (Fsp3) is 0.158. The summed E-state index contributed by atoms with van der Waals surface area (Å²) >= 11 is 11.4. The van der Waals surface area contributed by atoms with E-state index in [4.69, 9.17) is 23.8 Å². The van der Waals surface area contributed by atoms with Crippen LogP contribution in [0.1, 0.15) is 23.0 Å². The molecule has 1 heterocycles. The number of thiocarbonyl (C=S) groups is 1. The summed E-state index contributed by atoms with van der Waals surface area (Å²) in [6.07, 6.45) is 3.59. The van der Waals surface area contributed by atoms with Gasteiger partial charge in [-0.05, 0) is 54.5 Å². The van der Waals surface area contributed by atoms with Crippen molar-refractivity contribution in [3.05, 3.63) is 82.6 Å². The van der Waals surface area contributed by atoms with Crippen molar-refractivity contribution >= 4 is 34.6 Å². The standard InChI is InChI=1S/C19H18ClFN4S/c1-12-3-8-15(11-16(12)21)23-19(26)24-17(18-22-9-10-25(18)2)13-4-6-14(20)7-5-13/h3-11,17H,1-2H3,(H2,23,24,26)/t17-/m0/s1. The number of nitrogens with one attached hydrogen (secondary N) is 2. The van der Waals surface area contributed by atoms with Gasteiger partial charge in [-0.1, -0.05) is 29.8 Å². The molecular formula is C19H18ClFN4S. The predicted octanol–water partition coefficient (Wildman–Crippen LogP) is 4.60. The average molecular weight is 389 g/mol. The minimum atomic E-state index is -0.281. The Bertz CT molecular complexity index is 924. The van der Waals surface area contributed by atoms with Crippen molar-refractivity contribution in [3.63, 3.8) is 0 Å². The maximum absolute atomic E-state index is 13.7. The third-order valence-corrected chi connectivity index (χ3v) is 4.50. The molecule has 2 N–H and O–H groups in total. The number of nitrogens with zero attached hydrogens (tertiary/aromatic N) is 2. The molecule has 0 radical (unpaired) electrons. The molecule has 1 aromatic heterocycles. The van der Waals surface area contributed by atoms with Crippen LogP contribution >= 0.6 is 23.8 Å². The zero-order valence-corrected chi connectivity index (χ0v) is 15.9. The molecule has 0 amide bonds. The number of anilines is 1. The SMILES string of the molecule is Cc1ccc(NC(=S)N[C@@H](c2ccc(Cl)cc2)c2nccn2C)cc1F. The zero-order valence-electron chi connectivity index (χ0n) is 14.3. The van der Waals surface area contributed by atoms with Gasteiger partial charge in [0.15, 0.2) is 5.11 Å². The molecule has 4 nitrogen and oxygen atoms in total. The molecule has 1 atom stereocenters. The largest absolute Gasteiger partial charge is 0.348 e. The van der Waals surface area contributed by atoms with Crippen LogP contribution in [0.2, 0.25) is 5.02 Å². The van der Waals surface area contributed by atoms with E-state index < -0.39 is 0 Å². The monoisotopic (exact) mass is 388 g/mol. The topological polar surface area (TPSA) is 41.9 Å². The molecule has 0 saturated heterocycles. The number of aromatic nitrogens is 2. The Morgan fingerprint density at radius 3 is 2.58 bits per heavy atom. The number of halogens is 2. The van der Waals surface area contributed by atoms with Crippen LogP contribution in [-0.2, 0) is 7.05 Å². The summed E-state index contributed by atoms with van der Waals surface area (Å²) in [5, 5.41) is 7.30. The quantitative estimate of drug-likeness (QED) is 0.641. The van der Waals surface area contributed by atoms with E-state index in [1.807, 2.05) is 42.1 Å². The molecule has 0 aliphatic rings.